The average Bonchev–Trinajstić information content (AvgIpc) is 2.57. The Labute approximate surface area is 81.5 Å². The standard InChI is InChI=1S/C8H13N3O3/c1-3-6(8(12)13)11(2)4-7-9-5-10-14-7/h5-6H,3-4H2,1-2H3,(H,12,13). The summed E-state index contributed by atoms with van der Waals surface area (Å²) in [6.07, 6.45) is 1.84. The van der Waals surface area contributed by atoms with Crippen LogP contribution >= 0.6 is 0 Å². The van der Waals surface area contributed by atoms with E-state index in [0.29, 0.717) is 18.9 Å². The van der Waals surface area contributed by atoms with Crippen LogP contribution in [-0.2, 0) is 11.3 Å². The molecule has 14 heavy (non-hydrogen) atoms. The minimum Gasteiger partial charge on any atom is -0.480 e. The summed E-state index contributed by atoms with van der Waals surface area (Å²) in [4.78, 5) is 16.3. The molecule has 0 saturated carbocycles. The Kier molecular flexibility index (Phi) is 3.58. The van der Waals surface area contributed by atoms with E-state index >= 15 is 0 Å². The van der Waals surface area contributed by atoms with Crippen LogP contribution < -0.4 is 0 Å². The summed E-state index contributed by atoms with van der Waals surface area (Å²) in [7, 11) is 1.71. The zero-order valence-electron chi connectivity index (χ0n) is 8.17. The first-order valence-electron chi connectivity index (χ1n) is 4.33. The number of carbonyl (C=O) groups is 1. The highest BCUT2D eigenvalue weighted by Crippen LogP contribution is 2.06. The highest BCUT2D eigenvalue weighted by Gasteiger charge is 2.21. The third-order valence-corrected chi connectivity index (χ3v) is 2.00. The smallest absolute Gasteiger partial charge is 0.320 e. The van der Waals surface area contributed by atoms with Gasteiger partial charge in [-0.3, -0.25) is 9.69 Å². The van der Waals surface area contributed by atoms with E-state index in [0.717, 1.165) is 0 Å². The second-order valence-electron chi connectivity index (χ2n) is 3.01. The van der Waals surface area contributed by atoms with Gasteiger partial charge in [0.1, 0.15) is 6.04 Å². The lowest BCUT2D eigenvalue weighted by Crippen LogP contribution is -2.37. The van der Waals surface area contributed by atoms with Gasteiger partial charge in [0, 0.05) is 0 Å². The number of hydrogen-bond acceptors (Lipinski definition) is 5. The van der Waals surface area contributed by atoms with Gasteiger partial charge in [-0.15, -0.1) is 0 Å². The third-order valence-electron chi connectivity index (χ3n) is 2.00. The molecule has 0 amide bonds. The first-order chi connectivity index (χ1) is 6.65. The van der Waals surface area contributed by atoms with Gasteiger partial charge in [0.15, 0.2) is 6.33 Å². The van der Waals surface area contributed by atoms with Crippen LogP contribution in [0.15, 0.2) is 10.9 Å². The summed E-state index contributed by atoms with van der Waals surface area (Å²) in [5.41, 5.74) is 0. The van der Waals surface area contributed by atoms with Crippen molar-refractivity contribution in [3.8, 4) is 0 Å². The molecule has 1 aromatic rings. The topological polar surface area (TPSA) is 79.5 Å². The molecule has 1 unspecified atom stereocenters. The zero-order chi connectivity index (χ0) is 10.6. The van der Waals surface area contributed by atoms with Gasteiger partial charge in [-0.2, -0.15) is 4.98 Å². The summed E-state index contributed by atoms with van der Waals surface area (Å²) in [6, 6.07) is -0.512. The van der Waals surface area contributed by atoms with Crippen molar-refractivity contribution in [2.24, 2.45) is 0 Å². The number of likely N-dealkylation sites (N-methyl/N-ethyl adjacent to an activating group) is 1. The van der Waals surface area contributed by atoms with Gasteiger partial charge in [0.2, 0.25) is 5.89 Å². The average molecular weight is 199 g/mol. The van der Waals surface area contributed by atoms with Crippen molar-refractivity contribution in [2.75, 3.05) is 7.05 Å². The maximum Gasteiger partial charge on any atom is 0.320 e. The van der Waals surface area contributed by atoms with Crippen molar-refractivity contribution in [3.05, 3.63) is 12.2 Å². The summed E-state index contributed by atoms with van der Waals surface area (Å²) >= 11 is 0. The third kappa shape index (κ3) is 2.53. The molecule has 78 valence electrons. The fraction of sp³-hybridized carbons (Fsp3) is 0.625. The molecule has 0 bridgehead atoms. The van der Waals surface area contributed by atoms with Crippen LogP contribution in [0.25, 0.3) is 0 Å². The normalized spacial score (nSPS) is 13.1. The molecular formula is C8H13N3O3. The lowest BCUT2D eigenvalue weighted by molar-refractivity contribution is -0.143. The fourth-order valence-corrected chi connectivity index (χ4v) is 1.26. The van der Waals surface area contributed by atoms with Gasteiger partial charge in [0.25, 0.3) is 0 Å². The lowest BCUT2D eigenvalue weighted by atomic mass is 10.2. The summed E-state index contributed by atoms with van der Waals surface area (Å²) in [5, 5.41) is 12.3. The second-order valence-corrected chi connectivity index (χ2v) is 3.01. The van der Waals surface area contributed by atoms with Crippen molar-refractivity contribution >= 4 is 5.97 Å². The highest BCUT2D eigenvalue weighted by atomic mass is 16.5. The largest absolute Gasteiger partial charge is 0.480 e. The molecular weight excluding hydrogens is 186 g/mol. The Morgan fingerprint density at radius 1 is 1.79 bits per heavy atom. The van der Waals surface area contributed by atoms with E-state index < -0.39 is 12.0 Å². The van der Waals surface area contributed by atoms with E-state index in [1.54, 1.807) is 11.9 Å². The molecule has 6 nitrogen and oxygen atoms in total. The van der Waals surface area contributed by atoms with Gasteiger partial charge in [-0.1, -0.05) is 12.1 Å². The van der Waals surface area contributed by atoms with Crippen molar-refractivity contribution in [2.45, 2.75) is 25.9 Å². The quantitative estimate of drug-likeness (QED) is 0.737. The predicted molar refractivity (Wildman–Crippen MR) is 47.5 cm³/mol. The van der Waals surface area contributed by atoms with E-state index in [1.165, 1.54) is 6.33 Å². The van der Waals surface area contributed by atoms with Crippen molar-refractivity contribution < 1.29 is 14.4 Å². The molecule has 0 saturated heterocycles. The van der Waals surface area contributed by atoms with Crippen LogP contribution in [0.1, 0.15) is 19.2 Å². The van der Waals surface area contributed by atoms with Crippen LogP contribution in [0, 0.1) is 0 Å². The van der Waals surface area contributed by atoms with Crippen molar-refractivity contribution in [1.29, 1.82) is 0 Å². The number of nitrogens with zero attached hydrogens (tertiary/aromatic N) is 3. The van der Waals surface area contributed by atoms with E-state index in [9.17, 15) is 4.79 Å². The fourth-order valence-electron chi connectivity index (χ4n) is 1.26. The van der Waals surface area contributed by atoms with Crippen molar-refractivity contribution in [1.82, 2.24) is 15.0 Å². The summed E-state index contributed by atoms with van der Waals surface area (Å²) in [5.74, 6) is -0.415. The number of rotatable bonds is 5. The summed E-state index contributed by atoms with van der Waals surface area (Å²) < 4.78 is 4.78. The molecule has 0 fully saturated rings. The molecule has 6 heteroatoms. The molecule has 1 aromatic heterocycles. The Bertz CT molecular complexity index is 286. The number of carboxylic acid groups (broad SMARTS) is 1. The minimum absolute atomic E-state index is 0.352. The number of hydrogen-bond donors (Lipinski definition) is 1. The Morgan fingerprint density at radius 2 is 2.50 bits per heavy atom. The second kappa shape index (κ2) is 4.71. The van der Waals surface area contributed by atoms with Crippen LogP contribution in [0.2, 0.25) is 0 Å². The zero-order valence-corrected chi connectivity index (χ0v) is 8.17. The van der Waals surface area contributed by atoms with Crippen molar-refractivity contribution in [3.63, 3.8) is 0 Å². The maximum absolute atomic E-state index is 10.8. The molecule has 0 aliphatic heterocycles. The van der Waals surface area contributed by atoms with Crippen LogP contribution in [0.5, 0.6) is 0 Å². The SMILES string of the molecule is CCC(C(=O)O)N(C)Cc1ncno1. The Balaban J connectivity index is 2.56. The van der Waals surface area contributed by atoms with Crippen LogP contribution in [-0.4, -0.2) is 39.2 Å². The molecule has 1 atom stereocenters. The monoisotopic (exact) mass is 199 g/mol. The molecule has 0 radical (unpaired) electrons. The molecule has 1 N–H and O–H groups in total. The van der Waals surface area contributed by atoms with Gasteiger partial charge >= 0.3 is 5.97 Å². The number of aromatic nitrogens is 2. The summed E-state index contributed by atoms with van der Waals surface area (Å²) in [6.45, 7) is 2.17. The first-order valence-corrected chi connectivity index (χ1v) is 4.33. The molecule has 0 aliphatic carbocycles. The van der Waals surface area contributed by atoms with E-state index in [2.05, 4.69) is 10.1 Å². The highest BCUT2D eigenvalue weighted by molar-refractivity contribution is 5.73. The van der Waals surface area contributed by atoms with Gasteiger partial charge in [-0.05, 0) is 13.5 Å². The molecule has 1 rings (SSSR count). The van der Waals surface area contributed by atoms with E-state index in [-0.39, 0.29) is 0 Å². The minimum atomic E-state index is -0.838. The first kappa shape index (κ1) is 10.6. The Hall–Kier alpha value is -1.43. The maximum atomic E-state index is 10.8. The lowest BCUT2D eigenvalue weighted by Gasteiger charge is -2.21. The number of aliphatic carboxylic acids is 1. The molecule has 1 heterocycles. The van der Waals surface area contributed by atoms with Crippen LogP contribution in [0.3, 0.4) is 0 Å². The van der Waals surface area contributed by atoms with Gasteiger partial charge < -0.3 is 9.63 Å². The van der Waals surface area contributed by atoms with Gasteiger partial charge in [0.05, 0.1) is 6.54 Å². The number of carboxylic acids is 1. The van der Waals surface area contributed by atoms with E-state index in [1.807, 2.05) is 6.92 Å². The molecule has 0 aromatic carbocycles. The van der Waals surface area contributed by atoms with E-state index in [4.69, 9.17) is 9.63 Å². The molecule has 0 aliphatic rings. The van der Waals surface area contributed by atoms with Crippen LogP contribution in [0.4, 0.5) is 0 Å². The molecule has 0 spiro atoms. The van der Waals surface area contributed by atoms with Gasteiger partial charge in [-0.25, -0.2) is 0 Å². The predicted octanol–water partition coefficient (Wildman–Crippen LogP) is 0.365. The Morgan fingerprint density at radius 3 is 2.93 bits per heavy atom.